The van der Waals surface area contributed by atoms with Crippen LogP contribution in [0, 0.1) is 6.92 Å². The number of fused-ring (bicyclic) bond motifs is 1. The lowest BCUT2D eigenvalue weighted by Crippen LogP contribution is -2.37. The van der Waals surface area contributed by atoms with Crippen LogP contribution in [0.4, 0.5) is 0 Å². The van der Waals surface area contributed by atoms with Gasteiger partial charge in [0.2, 0.25) is 0 Å². The number of ketones is 1. The smallest absolute Gasteiger partial charge is 0.274 e. The molecule has 2 aliphatic heterocycles. The Morgan fingerprint density at radius 1 is 1.26 bits per heavy atom. The van der Waals surface area contributed by atoms with Crippen LogP contribution in [-0.2, 0) is 5.54 Å². The van der Waals surface area contributed by atoms with Crippen molar-refractivity contribution in [2.24, 2.45) is 0 Å². The largest absolute Gasteiger partial charge is 0.355 e. The predicted molar refractivity (Wildman–Crippen MR) is 84.0 cm³/mol. The Kier molecular flexibility index (Phi) is 2.23. The number of likely N-dealkylation sites (tertiary alicyclic amines) is 1. The fourth-order valence-electron chi connectivity index (χ4n) is 3.97. The average molecular weight is 305 g/mol. The molecule has 1 spiro atoms. The van der Waals surface area contributed by atoms with Crippen molar-refractivity contribution < 1.29 is 9.59 Å². The number of aryl methyl sites for hydroxylation is 1. The van der Waals surface area contributed by atoms with Crippen molar-refractivity contribution >= 4 is 11.7 Å². The molecule has 1 amide bonds. The van der Waals surface area contributed by atoms with E-state index in [-0.39, 0.29) is 23.3 Å². The third-order valence-corrected chi connectivity index (χ3v) is 5.09. The Hall–Kier alpha value is -2.66. The van der Waals surface area contributed by atoms with Crippen LogP contribution in [0.5, 0.6) is 0 Å². The highest BCUT2D eigenvalue weighted by molar-refractivity contribution is 6.09. The van der Waals surface area contributed by atoms with E-state index in [1.165, 1.54) is 0 Å². The van der Waals surface area contributed by atoms with E-state index < -0.39 is 0 Å². The number of allylic oxidation sites excluding steroid dienone is 1. The Bertz CT molecular complexity index is 910. The summed E-state index contributed by atoms with van der Waals surface area (Å²) in [5.41, 5.74) is 3.66. The van der Waals surface area contributed by atoms with Crippen LogP contribution in [0.3, 0.4) is 0 Å². The third kappa shape index (κ3) is 1.50. The summed E-state index contributed by atoms with van der Waals surface area (Å²) in [7, 11) is 0. The molecule has 3 heterocycles. The summed E-state index contributed by atoms with van der Waals surface area (Å²) in [6.45, 7) is 2.51. The van der Waals surface area contributed by atoms with Crippen molar-refractivity contribution in [1.82, 2.24) is 15.2 Å². The Labute approximate surface area is 133 Å². The van der Waals surface area contributed by atoms with E-state index in [0.29, 0.717) is 12.2 Å². The van der Waals surface area contributed by atoms with Crippen molar-refractivity contribution in [3.05, 3.63) is 70.7 Å². The molecule has 2 N–H and O–H groups in total. The minimum atomic E-state index is -0.359. The molecule has 5 rings (SSSR count). The summed E-state index contributed by atoms with van der Waals surface area (Å²) in [6, 6.07) is 11.5. The van der Waals surface area contributed by atoms with E-state index in [9.17, 15) is 9.59 Å². The number of benzene rings is 1. The number of hydrogen-bond donors (Lipinski definition) is 2. The van der Waals surface area contributed by atoms with Gasteiger partial charge < -0.3 is 9.88 Å². The van der Waals surface area contributed by atoms with Gasteiger partial charge in [-0.1, -0.05) is 24.3 Å². The maximum absolute atomic E-state index is 12.8. The summed E-state index contributed by atoms with van der Waals surface area (Å²) in [5, 5.41) is 3.48. The van der Waals surface area contributed by atoms with Gasteiger partial charge in [-0.15, -0.1) is 0 Å². The standard InChI is InChI=1S/C18H15N3O2/c1-10-6-7-13(19-10)17(23)21-9-15-18(20-15)12-5-3-2-4-11(12)14(22)8-16(18)21/h2-8,15,19-20H,9H2,1H3/t15-,18-/m1/s1. The molecule has 5 nitrogen and oxygen atoms in total. The Balaban J connectivity index is 1.61. The van der Waals surface area contributed by atoms with E-state index in [0.717, 1.165) is 22.5 Å². The van der Waals surface area contributed by atoms with Crippen LogP contribution >= 0.6 is 0 Å². The number of aromatic amines is 1. The molecule has 2 saturated heterocycles. The molecule has 114 valence electrons. The second kappa shape index (κ2) is 4.00. The molecule has 0 radical (unpaired) electrons. The van der Waals surface area contributed by atoms with Gasteiger partial charge in [0.05, 0.1) is 11.7 Å². The molecule has 3 aliphatic rings. The molecule has 1 aromatic heterocycles. The number of hydrogen-bond acceptors (Lipinski definition) is 3. The summed E-state index contributed by atoms with van der Waals surface area (Å²) < 4.78 is 0. The summed E-state index contributed by atoms with van der Waals surface area (Å²) in [6.07, 6.45) is 1.62. The number of rotatable bonds is 1. The fourth-order valence-corrected chi connectivity index (χ4v) is 3.97. The summed E-state index contributed by atoms with van der Waals surface area (Å²) in [5.74, 6) is -0.110. The van der Waals surface area contributed by atoms with Gasteiger partial charge in [-0.3, -0.25) is 14.9 Å². The first kappa shape index (κ1) is 12.8. The van der Waals surface area contributed by atoms with Crippen LogP contribution in [0.25, 0.3) is 0 Å². The third-order valence-electron chi connectivity index (χ3n) is 5.09. The van der Waals surface area contributed by atoms with Crippen molar-refractivity contribution in [2.45, 2.75) is 18.5 Å². The molecular formula is C18H15N3O2. The molecule has 2 aromatic rings. The van der Waals surface area contributed by atoms with E-state index in [2.05, 4.69) is 10.3 Å². The number of carbonyl (C=O) groups is 2. The van der Waals surface area contributed by atoms with E-state index in [4.69, 9.17) is 0 Å². The molecule has 23 heavy (non-hydrogen) atoms. The normalized spacial score (nSPS) is 27.2. The molecule has 0 unspecified atom stereocenters. The molecule has 1 aromatic carbocycles. The van der Waals surface area contributed by atoms with E-state index in [1.807, 2.05) is 37.3 Å². The average Bonchev–Trinajstić information content (AvgIpc) is 2.93. The first-order valence-corrected chi connectivity index (χ1v) is 7.72. The van der Waals surface area contributed by atoms with Crippen molar-refractivity contribution in [1.29, 1.82) is 0 Å². The maximum Gasteiger partial charge on any atom is 0.274 e. The fraction of sp³-hybridized carbons (Fsp3) is 0.222. The first-order valence-electron chi connectivity index (χ1n) is 7.72. The minimum Gasteiger partial charge on any atom is -0.355 e. The quantitative estimate of drug-likeness (QED) is 0.788. The Morgan fingerprint density at radius 3 is 2.87 bits per heavy atom. The number of nitrogens with zero attached hydrogens (tertiary/aromatic N) is 1. The lowest BCUT2D eigenvalue weighted by Gasteiger charge is -2.28. The van der Waals surface area contributed by atoms with Gasteiger partial charge >= 0.3 is 0 Å². The second-order valence-corrected chi connectivity index (χ2v) is 6.42. The SMILES string of the molecule is Cc1ccc(C(=O)N2C[C@H]3N[C@@]34C2=CC(=O)c2ccccc24)[nH]1. The molecule has 0 saturated carbocycles. The molecule has 0 bridgehead atoms. The molecule has 5 heteroatoms. The van der Waals surface area contributed by atoms with Crippen LogP contribution in [0.2, 0.25) is 0 Å². The van der Waals surface area contributed by atoms with Gasteiger partial charge in [0.1, 0.15) is 11.2 Å². The second-order valence-electron chi connectivity index (χ2n) is 6.42. The maximum atomic E-state index is 12.8. The predicted octanol–water partition coefficient (Wildman–Crippen LogP) is 1.73. The van der Waals surface area contributed by atoms with Gasteiger partial charge in [0, 0.05) is 23.9 Å². The molecule has 1 aliphatic carbocycles. The number of amides is 1. The highest BCUT2D eigenvalue weighted by atomic mass is 16.2. The van der Waals surface area contributed by atoms with E-state index in [1.54, 1.807) is 17.0 Å². The first-order chi connectivity index (χ1) is 11.1. The van der Waals surface area contributed by atoms with Gasteiger partial charge in [0.25, 0.3) is 5.91 Å². The van der Waals surface area contributed by atoms with Gasteiger partial charge in [-0.05, 0) is 24.6 Å². The lowest BCUT2D eigenvalue weighted by molar-refractivity contribution is 0.0806. The monoisotopic (exact) mass is 305 g/mol. The van der Waals surface area contributed by atoms with Gasteiger partial charge in [0.15, 0.2) is 5.78 Å². The van der Waals surface area contributed by atoms with E-state index >= 15 is 0 Å². The zero-order chi connectivity index (χ0) is 15.8. The molecule has 2 atom stereocenters. The number of piperazine rings is 1. The van der Waals surface area contributed by atoms with Gasteiger partial charge in [-0.25, -0.2) is 0 Å². The summed E-state index contributed by atoms with van der Waals surface area (Å²) >= 11 is 0. The van der Waals surface area contributed by atoms with Gasteiger partial charge in [-0.2, -0.15) is 0 Å². The zero-order valence-electron chi connectivity index (χ0n) is 12.6. The number of H-pyrrole nitrogens is 1. The van der Waals surface area contributed by atoms with Crippen LogP contribution in [-0.4, -0.2) is 34.2 Å². The highest BCUT2D eigenvalue weighted by Gasteiger charge is 2.67. The topological polar surface area (TPSA) is 75.1 Å². The number of aromatic nitrogens is 1. The van der Waals surface area contributed by atoms with Crippen molar-refractivity contribution in [2.75, 3.05) is 6.54 Å². The van der Waals surface area contributed by atoms with Crippen LogP contribution < -0.4 is 5.32 Å². The van der Waals surface area contributed by atoms with Crippen molar-refractivity contribution in [3.8, 4) is 0 Å². The Morgan fingerprint density at radius 2 is 2.09 bits per heavy atom. The van der Waals surface area contributed by atoms with Crippen LogP contribution in [0.15, 0.2) is 48.2 Å². The molecule has 2 fully saturated rings. The lowest BCUT2D eigenvalue weighted by atomic mass is 9.83. The number of carbonyl (C=O) groups excluding carboxylic acids is 2. The molecular weight excluding hydrogens is 290 g/mol. The summed E-state index contributed by atoms with van der Waals surface area (Å²) in [4.78, 5) is 30.1. The number of nitrogens with one attached hydrogen (secondary N) is 2. The van der Waals surface area contributed by atoms with Crippen molar-refractivity contribution in [3.63, 3.8) is 0 Å². The zero-order valence-corrected chi connectivity index (χ0v) is 12.6. The highest BCUT2D eigenvalue weighted by Crippen LogP contribution is 2.54. The minimum absolute atomic E-state index is 0.0314. The van der Waals surface area contributed by atoms with Crippen LogP contribution in [0.1, 0.15) is 32.1 Å².